The van der Waals surface area contributed by atoms with Gasteiger partial charge in [-0.1, -0.05) is 11.6 Å². The molecule has 3 nitrogen and oxygen atoms in total. The molecule has 1 aromatic rings. The number of aliphatic hydroxyl groups is 1. The molecule has 0 bridgehead atoms. The molecule has 0 fully saturated rings. The summed E-state index contributed by atoms with van der Waals surface area (Å²) in [5, 5.41) is 8.32. The lowest BCUT2D eigenvalue weighted by molar-refractivity contribution is -0.0556. The first-order valence-electron chi connectivity index (χ1n) is 4.37. The Balaban J connectivity index is 3.35. The summed E-state index contributed by atoms with van der Waals surface area (Å²) >= 11 is 5.76. The quantitative estimate of drug-likeness (QED) is 0.895. The summed E-state index contributed by atoms with van der Waals surface area (Å²) in [5.41, 5.74) is -0.491. The molecule has 0 aliphatic rings. The van der Waals surface area contributed by atoms with Crippen LogP contribution in [0.1, 0.15) is 5.56 Å². The smallest absolute Gasteiger partial charge is 0.297 e. The average Bonchev–Trinajstić information content (AvgIpc) is 2.28. The van der Waals surface area contributed by atoms with Crippen molar-refractivity contribution in [2.75, 3.05) is 20.8 Å². The molecule has 6 heteroatoms. The summed E-state index contributed by atoms with van der Waals surface area (Å²) in [7, 11) is 2.67. The zero-order valence-electron chi connectivity index (χ0n) is 8.76. The van der Waals surface area contributed by atoms with E-state index in [4.69, 9.17) is 26.2 Å². The minimum Gasteiger partial charge on any atom is -0.493 e. The van der Waals surface area contributed by atoms with Gasteiger partial charge in [0.05, 0.1) is 19.2 Å². The molecule has 0 saturated heterocycles. The van der Waals surface area contributed by atoms with Crippen molar-refractivity contribution in [3.8, 4) is 11.5 Å². The summed E-state index contributed by atoms with van der Waals surface area (Å²) in [4.78, 5) is 0. The van der Waals surface area contributed by atoms with Gasteiger partial charge >= 0.3 is 0 Å². The maximum atomic E-state index is 13.3. The number of alkyl halides is 2. The van der Waals surface area contributed by atoms with Crippen molar-refractivity contribution in [1.82, 2.24) is 0 Å². The molecule has 0 heterocycles. The van der Waals surface area contributed by atoms with Crippen molar-refractivity contribution in [3.05, 3.63) is 22.7 Å². The van der Waals surface area contributed by atoms with E-state index in [0.29, 0.717) is 0 Å². The van der Waals surface area contributed by atoms with Gasteiger partial charge < -0.3 is 14.6 Å². The molecule has 0 radical (unpaired) electrons. The van der Waals surface area contributed by atoms with Crippen LogP contribution in [0.15, 0.2) is 12.1 Å². The van der Waals surface area contributed by atoms with Gasteiger partial charge in [-0.2, -0.15) is 8.78 Å². The first kappa shape index (κ1) is 13.0. The molecule has 0 amide bonds. The molecule has 0 atom stereocenters. The summed E-state index contributed by atoms with van der Waals surface area (Å²) < 4.78 is 36.3. The molecule has 1 rings (SSSR count). The van der Waals surface area contributed by atoms with E-state index in [1.165, 1.54) is 20.3 Å². The first-order chi connectivity index (χ1) is 7.47. The van der Waals surface area contributed by atoms with E-state index in [2.05, 4.69) is 0 Å². The SMILES string of the molecule is COc1ccc(C(F)(F)CO)c(Cl)c1OC. The highest BCUT2D eigenvalue weighted by atomic mass is 35.5. The van der Waals surface area contributed by atoms with E-state index in [1.807, 2.05) is 0 Å². The molecule has 0 aliphatic heterocycles. The molecule has 16 heavy (non-hydrogen) atoms. The number of aliphatic hydroxyl groups excluding tert-OH is 1. The van der Waals surface area contributed by atoms with Gasteiger partial charge in [0.15, 0.2) is 11.5 Å². The highest BCUT2D eigenvalue weighted by Gasteiger charge is 2.34. The van der Waals surface area contributed by atoms with Crippen LogP contribution in [0.4, 0.5) is 8.78 Å². The molecule has 0 aromatic heterocycles. The summed E-state index contributed by atoms with van der Waals surface area (Å²) in [6, 6.07) is 2.41. The molecule has 1 N–H and O–H groups in total. The van der Waals surface area contributed by atoms with Crippen LogP contribution < -0.4 is 9.47 Å². The van der Waals surface area contributed by atoms with E-state index < -0.39 is 18.1 Å². The molecular formula is C10H11ClF2O3. The predicted octanol–water partition coefficient (Wildman–Crippen LogP) is 2.44. The Labute approximate surface area is 96.5 Å². The number of hydrogen-bond donors (Lipinski definition) is 1. The molecule has 0 unspecified atom stereocenters. The van der Waals surface area contributed by atoms with Crippen molar-refractivity contribution in [2.24, 2.45) is 0 Å². The zero-order chi connectivity index (χ0) is 12.3. The predicted molar refractivity (Wildman–Crippen MR) is 55.5 cm³/mol. The maximum Gasteiger partial charge on any atom is 0.297 e. The van der Waals surface area contributed by atoms with E-state index in [1.54, 1.807) is 0 Å². The van der Waals surface area contributed by atoms with E-state index in [0.717, 1.165) is 6.07 Å². The van der Waals surface area contributed by atoms with Gasteiger partial charge in [-0.3, -0.25) is 0 Å². The third kappa shape index (κ3) is 2.20. The van der Waals surface area contributed by atoms with Crippen molar-refractivity contribution < 1.29 is 23.4 Å². The lowest BCUT2D eigenvalue weighted by Gasteiger charge is -2.18. The fourth-order valence-corrected chi connectivity index (χ4v) is 1.63. The van der Waals surface area contributed by atoms with Crippen molar-refractivity contribution in [2.45, 2.75) is 5.92 Å². The van der Waals surface area contributed by atoms with Crippen molar-refractivity contribution in [3.63, 3.8) is 0 Å². The van der Waals surface area contributed by atoms with Gasteiger partial charge in [0, 0.05) is 5.56 Å². The largest absolute Gasteiger partial charge is 0.493 e. The Kier molecular flexibility index (Phi) is 3.93. The Hall–Kier alpha value is -1.07. The minimum absolute atomic E-state index is 0.0230. The van der Waals surface area contributed by atoms with E-state index in [9.17, 15) is 8.78 Å². The van der Waals surface area contributed by atoms with Crippen LogP contribution in [0.3, 0.4) is 0 Å². The van der Waals surface area contributed by atoms with Gasteiger partial charge in [-0.15, -0.1) is 0 Å². The summed E-state index contributed by atoms with van der Waals surface area (Å²) in [6.07, 6.45) is 0. The van der Waals surface area contributed by atoms with Crippen LogP contribution in [0.25, 0.3) is 0 Å². The zero-order valence-corrected chi connectivity index (χ0v) is 9.52. The Morgan fingerprint density at radius 2 is 1.94 bits per heavy atom. The topological polar surface area (TPSA) is 38.7 Å². The van der Waals surface area contributed by atoms with Crippen LogP contribution in [-0.4, -0.2) is 25.9 Å². The van der Waals surface area contributed by atoms with Gasteiger partial charge in [0.25, 0.3) is 5.92 Å². The van der Waals surface area contributed by atoms with Crippen LogP contribution in [0, 0.1) is 0 Å². The van der Waals surface area contributed by atoms with Gasteiger partial charge in [0.2, 0.25) is 0 Å². The standard InChI is InChI=1S/C10H11ClF2O3/c1-15-7-4-3-6(10(12,13)5-14)8(11)9(7)16-2/h3-4,14H,5H2,1-2H3. The van der Waals surface area contributed by atoms with Gasteiger partial charge in [-0.05, 0) is 12.1 Å². The Morgan fingerprint density at radius 3 is 2.38 bits per heavy atom. The average molecular weight is 253 g/mol. The maximum absolute atomic E-state index is 13.3. The Morgan fingerprint density at radius 1 is 1.31 bits per heavy atom. The second-order valence-electron chi connectivity index (χ2n) is 3.03. The van der Waals surface area contributed by atoms with Crippen molar-refractivity contribution in [1.29, 1.82) is 0 Å². The monoisotopic (exact) mass is 252 g/mol. The fourth-order valence-electron chi connectivity index (χ4n) is 1.26. The molecule has 1 aromatic carbocycles. The van der Waals surface area contributed by atoms with Crippen LogP contribution in [0.2, 0.25) is 5.02 Å². The molecular weight excluding hydrogens is 242 g/mol. The van der Waals surface area contributed by atoms with E-state index >= 15 is 0 Å². The third-order valence-corrected chi connectivity index (χ3v) is 2.45. The number of rotatable bonds is 4. The number of benzene rings is 1. The number of ether oxygens (including phenoxy) is 2. The fraction of sp³-hybridized carbons (Fsp3) is 0.400. The lowest BCUT2D eigenvalue weighted by atomic mass is 10.1. The highest BCUT2D eigenvalue weighted by molar-refractivity contribution is 6.33. The molecule has 0 saturated carbocycles. The van der Waals surface area contributed by atoms with Crippen molar-refractivity contribution >= 4 is 11.6 Å². The first-order valence-corrected chi connectivity index (χ1v) is 4.75. The van der Waals surface area contributed by atoms with Gasteiger partial charge in [0.1, 0.15) is 6.61 Å². The minimum atomic E-state index is -3.41. The van der Waals surface area contributed by atoms with E-state index in [-0.39, 0.29) is 16.5 Å². The second kappa shape index (κ2) is 4.84. The second-order valence-corrected chi connectivity index (χ2v) is 3.40. The van der Waals surface area contributed by atoms with Crippen LogP contribution >= 0.6 is 11.6 Å². The molecule has 0 aliphatic carbocycles. The normalized spacial score (nSPS) is 11.4. The molecule has 0 spiro atoms. The summed E-state index contributed by atoms with van der Waals surface area (Å²) in [5.74, 6) is -3.13. The number of methoxy groups -OCH3 is 2. The molecule has 90 valence electrons. The lowest BCUT2D eigenvalue weighted by Crippen LogP contribution is -2.19. The number of halogens is 3. The highest BCUT2D eigenvalue weighted by Crippen LogP contribution is 2.42. The third-order valence-electron chi connectivity index (χ3n) is 2.08. The number of hydrogen-bond acceptors (Lipinski definition) is 3. The summed E-state index contributed by atoms with van der Waals surface area (Å²) in [6.45, 7) is -1.32. The van der Waals surface area contributed by atoms with Gasteiger partial charge in [-0.25, -0.2) is 0 Å². The Bertz CT molecular complexity index is 383. The van der Waals surface area contributed by atoms with Crippen LogP contribution in [0.5, 0.6) is 11.5 Å². The van der Waals surface area contributed by atoms with Crippen LogP contribution in [-0.2, 0) is 5.92 Å².